The van der Waals surface area contributed by atoms with Gasteiger partial charge in [0, 0.05) is 48.2 Å². The largest absolute Gasteiger partial charge is 0.507 e. The minimum absolute atomic E-state index is 0.158. The SMILES string of the molecule is CCOC(=O)c1c(CNc2ccccc2)n(C)c2cc(-c3ccncc3)c(O)c(CN(C)C)c12. The number of ether oxygens (including phenoxy) is 1. The first-order valence-corrected chi connectivity index (χ1v) is 11.3. The number of para-hydroxylation sites is 1. The van der Waals surface area contributed by atoms with Gasteiger partial charge >= 0.3 is 5.97 Å². The number of hydrogen-bond acceptors (Lipinski definition) is 6. The summed E-state index contributed by atoms with van der Waals surface area (Å²) in [6.07, 6.45) is 3.41. The Kier molecular flexibility index (Phi) is 6.84. The molecule has 0 radical (unpaired) electrons. The molecule has 0 amide bonds. The maximum absolute atomic E-state index is 13.2. The van der Waals surface area contributed by atoms with Gasteiger partial charge in [-0.2, -0.15) is 0 Å². The van der Waals surface area contributed by atoms with E-state index in [9.17, 15) is 9.90 Å². The number of aromatic hydroxyl groups is 1. The molecule has 0 aliphatic rings. The van der Waals surface area contributed by atoms with Crippen molar-refractivity contribution in [3.63, 3.8) is 0 Å². The molecule has 2 N–H and O–H groups in total. The highest BCUT2D eigenvalue weighted by Crippen LogP contribution is 2.41. The number of fused-ring (bicyclic) bond motifs is 1. The van der Waals surface area contributed by atoms with Crippen LogP contribution in [0.15, 0.2) is 60.9 Å². The number of nitrogens with one attached hydrogen (secondary N) is 1. The summed E-state index contributed by atoms with van der Waals surface area (Å²) in [4.78, 5) is 19.3. The highest BCUT2D eigenvalue weighted by Gasteiger charge is 2.28. The van der Waals surface area contributed by atoms with Crippen LogP contribution in [-0.2, 0) is 24.9 Å². The van der Waals surface area contributed by atoms with Crippen LogP contribution in [0.5, 0.6) is 5.75 Å². The van der Waals surface area contributed by atoms with Gasteiger partial charge in [-0.25, -0.2) is 4.79 Å². The van der Waals surface area contributed by atoms with Gasteiger partial charge < -0.3 is 24.6 Å². The number of hydrogen-bond donors (Lipinski definition) is 2. The van der Waals surface area contributed by atoms with Gasteiger partial charge in [-0.05, 0) is 56.9 Å². The van der Waals surface area contributed by atoms with Gasteiger partial charge in [-0.3, -0.25) is 4.98 Å². The van der Waals surface area contributed by atoms with E-state index in [2.05, 4.69) is 10.3 Å². The number of rotatable bonds is 8. The summed E-state index contributed by atoms with van der Waals surface area (Å²) in [5.41, 5.74) is 5.34. The third-order valence-corrected chi connectivity index (χ3v) is 5.86. The van der Waals surface area contributed by atoms with Gasteiger partial charge in [-0.15, -0.1) is 0 Å². The summed E-state index contributed by atoms with van der Waals surface area (Å²) in [5.74, 6) is -0.236. The number of nitrogens with zero attached hydrogens (tertiary/aromatic N) is 3. The molecule has 0 spiro atoms. The first kappa shape index (κ1) is 23.3. The molecule has 0 aliphatic heterocycles. The van der Waals surface area contributed by atoms with E-state index in [0.29, 0.717) is 29.8 Å². The standard InChI is InChI=1S/C27H30N4O3/c1-5-34-27(33)25-23(16-29-19-9-7-6-8-10-19)31(4)22-15-20(18-11-13-28-14-12-18)26(32)21(24(22)25)17-30(2)3/h6-15,29,32H,5,16-17H2,1-4H3. The maximum atomic E-state index is 13.2. The van der Waals surface area contributed by atoms with Crippen LogP contribution in [0.1, 0.15) is 28.5 Å². The van der Waals surface area contributed by atoms with Gasteiger partial charge in [0.05, 0.1) is 29.9 Å². The van der Waals surface area contributed by atoms with Crippen molar-refractivity contribution in [2.45, 2.75) is 20.0 Å². The zero-order valence-electron chi connectivity index (χ0n) is 20.0. The summed E-state index contributed by atoms with van der Waals surface area (Å²) in [5, 5.41) is 15.5. The molecule has 0 saturated carbocycles. The summed E-state index contributed by atoms with van der Waals surface area (Å²) in [6, 6.07) is 15.5. The first-order valence-electron chi connectivity index (χ1n) is 11.3. The van der Waals surface area contributed by atoms with Crippen LogP contribution in [0.4, 0.5) is 5.69 Å². The highest BCUT2D eigenvalue weighted by atomic mass is 16.5. The number of carbonyl (C=O) groups excluding carboxylic acids is 1. The van der Waals surface area contributed by atoms with Crippen LogP contribution in [0, 0.1) is 0 Å². The number of carbonyl (C=O) groups is 1. The number of phenols is 1. The second kappa shape index (κ2) is 9.97. The molecule has 2 aromatic heterocycles. The second-order valence-electron chi connectivity index (χ2n) is 8.44. The number of aromatic nitrogens is 2. The van der Waals surface area contributed by atoms with Crippen molar-refractivity contribution in [2.75, 3.05) is 26.0 Å². The Labute approximate surface area is 199 Å². The molecule has 4 rings (SSSR count). The molecule has 0 aliphatic carbocycles. The molecule has 2 heterocycles. The molecule has 7 heteroatoms. The lowest BCUT2D eigenvalue weighted by Crippen LogP contribution is -2.14. The van der Waals surface area contributed by atoms with E-state index in [1.54, 1.807) is 19.3 Å². The van der Waals surface area contributed by atoms with E-state index in [-0.39, 0.29) is 12.4 Å². The number of benzene rings is 2. The van der Waals surface area contributed by atoms with Crippen molar-refractivity contribution in [3.05, 3.63) is 77.7 Å². The Morgan fingerprint density at radius 2 is 1.85 bits per heavy atom. The minimum Gasteiger partial charge on any atom is -0.507 e. The number of aryl methyl sites for hydroxylation is 1. The first-order chi connectivity index (χ1) is 16.4. The quantitative estimate of drug-likeness (QED) is 0.370. The van der Waals surface area contributed by atoms with Crippen LogP contribution in [-0.4, -0.2) is 46.2 Å². The smallest absolute Gasteiger partial charge is 0.340 e. The molecule has 34 heavy (non-hydrogen) atoms. The van der Waals surface area contributed by atoms with Crippen LogP contribution in [0.3, 0.4) is 0 Å². The molecule has 7 nitrogen and oxygen atoms in total. The molecule has 4 aromatic rings. The lowest BCUT2D eigenvalue weighted by Gasteiger charge is -2.17. The van der Waals surface area contributed by atoms with E-state index >= 15 is 0 Å². The maximum Gasteiger partial charge on any atom is 0.340 e. The van der Waals surface area contributed by atoms with Crippen molar-refractivity contribution >= 4 is 22.6 Å². The number of pyridine rings is 1. The van der Waals surface area contributed by atoms with Crippen molar-refractivity contribution in [2.24, 2.45) is 7.05 Å². The molecule has 0 unspecified atom stereocenters. The Bertz CT molecular complexity index is 1300. The van der Waals surface area contributed by atoms with Gasteiger partial charge in [0.25, 0.3) is 0 Å². The fourth-order valence-electron chi connectivity index (χ4n) is 4.31. The molecular formula is C27H30N4O3. The summed E-state index contributed by atoms with van der Waals surface area (Å²) < 4.78 is 7.49. The fourth-order valence-corrected chi connectivity index (χ4v) is 4.31. The molecular weight excluding hydrogens is 428 g/mol. The number of phenolic OH excluding ortho intramolecular Hbond substituents is 1. The highest BCUT2D eigenvalue weighted by molar-refractivity contribution is 6.09. The number of anilines is 1. The third kappa shape index (κ3) is 4.47. The van der Waals surface area contributed by atoms with Gasteiger partial charge in [0.15, 0.2) is 0 Å². The van der Waals surface area contributed by atoms with Crippen LogP contribution in [0.25, 0.3) is 22.0 Å². The summed E-state index contributed by atoms with van der Waals surface area (Å²) >= 11 is 0. The van der Waals surface area contributed by atoms with Gasteiger partial charge in [0.2, 0.25) is 0 Å². The average Bonchev–Trinajstić information content (AvgIpc) is 3.12. The molecule has 0 fully saturated rings. The van der Waals surface area contributed by atoms with Crippen LogP contribution < -0.4 is 5.32 Å². The molecule has 176 valence electrons. The van der Waals surface area contributed by atoms with E-state index in [1.807, 2.05) is 79.1 Å². The lowest BCUT2D eigenvalue weighted by molar-refractivity contribution is 0.0527. The lowest BCUT2D eigenvalue weighted by atomic mass is 9.96. The zero-order valence-corrected chi connectivity index (χ0v) is 20.0. The molecule has 0 bridgehead atoms. The number of esters is 1. The zero-order chi connectivity index (χ0) is 24.2. The van der Waals surface area contributed by atoms with Crippen molar-refractivity contribution < 1.29 is 14.6 Å². The molecule has 0 atom stereocenters. The van der Waals surface area contributed by atoms with Crippen LogP contribution >= 0.6 is 0 Å². The summed E-state index contributed by atoms with van der Waals surface area (Å²) in [6.45, 7) is 2.95. The third-order valence-electron chi connectivity index (χ3n) is 5.86. The van der Waals surface area contributed by atoms with Crippen LogP contribution in [0.2, 0.25) is 0 Å². The van der Waals surface area contributed by atoms with E-state index < -0.39 is 5.97 Å². The van der Waals surface area contributed by atoms with Gasteiger partial charge in [0.1, 0.15) is 5.75 Å². The molecule has 0 saturated heterocycles. The molecule has 2 aromatic carbocycles. The average molecular weight is 459 g/mol. The topological polar surface area (TPSA) is 79.6 Å². The minimum atomic E-state index is -0.394. The van der Waals surface area contributed by atoms with E-state index in [4.69, 9.17) is 4.74 Å². The predicted molar refractivity (Wildman–Crippen MR) is 135 cm³/mol. The van der Waals surface area contributed by atoms with E-state index in [1.165, 1.54) is 0 Å². The Morgan fingerprint density at radius 3 is 2.50 bits per heavy atom. The Balaban J connectivity index is 1.98. The normalized spacial score (nSPS) is 11.2. The van der Waals surface area contributed by atoms with Crippen molar-refractivity contribution in [1.29, 1.82) is 0 Å². The van der Waals surface area contributed by atoms with E-state index in [0.717, 1.165) is 27.8 Å². The summed E-state index contributed by atoms with van der Waals surface area (Å²) in [7, 11) is 5.82. The van der Waals surface area contributed by atoms with Gasteiger partial charge in [-0.1, -0.05) is 18.2 Å². The monoisotopic (exact) mass is 458 g/mol. The Morgan fingerprint density at radius 1 is 1.15 bits per heavy atom. The Hall–Kier alpha value is -3.84. The fraction of sp³-hybridized carbons (Fsp3) is 0.259. The van der Waals surface area contributed by atoms with Crippen molar-refractivity contribution in [3.8, 4) is 16.9 Å². The second-order valence-corrected chi connectivity index (χ2v) is 8.44. The predicted octanol–water partition coefficient (Wildman–Crippen LogP) is 4.80. The van der Waals surface area contributed by atoms with Crippen molar-refractivity contribution in [1.82, 2.24) is 14.5 Å².